The average Bonchev–Trinajstić information content (AvgIpc) is 2.37. The first kappa shape index (κ1) is 16.2. The van der Waals surface area contributed by atoms with E-state index in [9.17, 15) is 12.8 Å². The highest BCUT2D eigenvalue weighted by molar-refractivity contribution is 7.89. The van der Waals surface area contributed by atoms with Crippen LogP contribution in [0.4, 0.5) is 10.1 Å². The molecule has 3 N–H and O–H groups in total. The Hall–Kier alpha value is -1.14. The van der Waals surface area contributed by atoms with Gasteiger partial charge in [-0.05, 0) is 42.9 Å². The minimum absolute atomic E-state index is 0.0280. The van der Waals surface area contributed by atoms with Gasteiger partial charge in [0.15, 0.2) is 0 Å². The van der Waals surface area contributed by atoms with E-state index in [1.165, 1.54) is 19.1 Å². The van der Waals surface area contributed by atoms with E-state index in [0.29, 0.717) is 0 Å². The minimum atomic E-state index is -3.69. The van der Waals surface area contributed by atoms with Gasteiger partial charge in [0.1, 0.15) is 5.82 Å². The lowest BCUT2D eigenvalue weighted by Gasteiger charge is -2.38. The lowest BCUT2D eigenvalue weighted by Crippen LogP contribution is -2.46. The van der Waals surface area contributed by atoms with Crippen LogP contribution in [-0.2, 0) is 10.0 Å². The second kappa shape index (κ2) is 5.57. The zero-order valence-electron chi connectivity index (χ0n) is 12.7. The summed E-state index contributed by atoms with van der Waals surface area (Å²) in [5.41, 5.74) is 5.55. The molecule has 0 aliphatic heterocycles. The van der Waals surface area contributed by atoms with E-state index in [0.717, 1.165) is 25.7 Å². The first-order valence-corrected chi connectivity index (χ1v) is 8.70. The Kier molecular flexibility index (Phi) is 4.31. The van der Waals surface area contributed by atoms with Crippen molar-refractivity contribution in [2.75, 3.05) is 5.73 Å². The molecule has 21 heavy (non-hydrogen) atoms. The number of nitrogen functional groups attached to an aromatic ring is 1. The third-order valence-electron chi connectivity index (χ3n) is 4.37. The summed E-state index contributed by atoms with van der Waals surface area (Å²) in [5, 5.41) is 0. The Morgan fingerprint density at radius 1 is 1.33 bits per heavy atom. The lowest BCUT2D eigenvalue weighted by atomic mass is 9.74. The number of benzene rings is 1. The molecule has 0 bridgehead atoms. The zero-order valence-corrected chi connectivity index (χ0v) is 13.6. The molecular weight excluding hydrogens is 291 g/mol. The van der Waals surface area contributed by atoms with Crippen LogP contribution in [0.1, 0.15) is 45.1 Å². The van der Waals surface area contributed by atoms with Crippen LogP contribution in [0, 0.1) is 18.2 Å². The van der Waals surface area contributed by atoms with Crippen molar-refractivity contribution < 1.29 is 12.8 Å². The average molecular weight is 314 g/mol. The molecule has 0 aromatic heterocycles. The van der Waals surface area contributed by atoms with Crippen molar-refractivity contribution in [1.82, 2.24) is 4.72 Å². The molecule has 0 heterocycles. The topological polar surface area (TPSA) is 72.2 Å². The van der Waals surface area contributed by atoms with Gasteiger partial charge < -0.3 is 5.73 Å². The van der Waals surface area contributed by atoms with Crippen LogP contribution in [-0.4, -0.2) is 14.5 Å². The maximum Gasteiger partial charge on any atom is 0.240 e. The molecule has 1 unspecified atom stereocenters. The highest BCUT2D eigenvalue weighted by atomic mass is 32.2. The number of rotatable bonds is 3. The van der Waals surface area contributed by atoms with Crippen LogP contribution in [0.15, 0.2) is 17.0 Å². The summed E-state index contributed by atoms with van der Waals surface area (Å²) in [4.78, 5) is 0.0280. The monoisotopic (exact) mass is 314 g/mol. The lowest BCUT2D eigenvalue weighted by molar-refractivity contribution is 0.188. The van der Waals surface area contributed by atoms with E-state index in [-0.39, 0.29) is 27.6 Å². The molecular formula is C15H23FN2O2S. The normalized spacial score (nSPS) is 22.2. The molecule has 1 fully saturated rings. The molecule has 0 spiro atoms. The van der Waals surface area contributed by atoms with Gasteiger partial charge in [0.25, 0.3) is 0 Å². The van der Waals surface area contributed by atoms with Crippen LogP contribution >= 0.6 is 0 Å². The summed E-state index contributed by atoms with van der Waals surface area (Å²) >= 11 is 0. The summed E-state index contributed by atoms with van der Waals surface area (Å²) in [6.45, 7) is 5.66. The van der Waals surface area contributed by atoms with E-state index in [1.54, 1.807) is 0 Å². The number of nitrogens with two attached hydrogens (primary N) is 1. The minimum Gasteiger partial charge on any atom is -0.396 e. The molecule has 4 nitrogen and oxygen atoms in total. The number of aryl methyl sites for hydroxylation is 1. The predicted octanol–water partition coefficient (Wildman–Crippen LogP) is 2.96. The third kappa shape index (κ3) is 3.37. The molecule has 118 valence electrons. The van der Waals surface area contributed by atoms with Crippen LogP contribution in [0.3, 0.4) is 0 Å². The van der Waals surface area contributed by atoms with Gasteiger partial charge in [-0.2, -0.15) is 0 Å². The Labute approximate surface area is 126 Å². The largest absolute Gasteiger partial charge is 0.396 e. The number of hydrogen-bond donors (Lipinski definition) is 2. The predicted molar refractivity (Wildman–Crippen MR) is 81.9 cm³/mol. The smallest absolute Gasteiger partial charge is 0.240 e. The molecule has 6 heteroatoms. The number of anilines is 1. The molecule has 0 amide bonds. The number of hydrogen-bond acceptors (Lipinski definition) is 3. The second-order valence-corrected chi connectivity index (χ2v) is 8.27. The first-order chi connectivity index (χ1) is 9.63. The summed E-state index contributed by atoms with van der Waals surface area (Å²) in [6, 6.07) is 2.40. The van der Waals surface area contributed by atoms with Gasteiger partial charge in [-0.3, -0.25) is 0 Å². The molecule has 2 rings (SSSR count). The molecule has 1 aliphatic rings. The fourth-order valence-electron chi connectivity index (χ4n) is 2.89. The zero-order chi connectivity index (χ0) is 15.8. The van der Waals surface area contributed by atoms with Crippen molar-refractivity contribution in [3.63, 3.8) is 0 Å². The first-order valence-electron chi connectivity index (χ1n) is 7.21. The van der Waals surface area contributed by atoms with E-state index >= 15 is 0 Å². The van der Waals surface area contributed by atoms with Crippen LogP contribution in [0.25, 0.3) is 0 Å². The van der Waals surface area contributed by atoms with Crippen molar-refractivity contribution in [2.24, 2.45) is 5.41 Å². The van der Waals surface area contributed by atoms with Crippen molar-refractivity contribution in [3.05, 3.63) is 23.5 Å². The SMILES string of the molecule is Cc1cc(S(=O)(=O)NC2CCCCC2(C)C)cc(N)c1F. The van der Waals surface area contributed by atoms with Crippen molar-refractivity contribution in [3.8, 4) is 0 Å². The van der Waals surface area contributed by atoms with E-state index in [4.69, 9.17) is 5.73 Å². The molecule has 1 aliphatic carbocycles. The van der Waals surface area contributed by atoms with Crippen LogP contribution in [0.2, 0.25) is 0 Å². The number of halogens is 1. The maximum atomic E-state index is 13.5. The molecule has 1 atom stereocenters. The van der Waals surface area contributed by atoms with Crippen LogP contribution < -0.4 is 10.5 Å². The number of sulfonamides is 1. The van der Waals surface area contributed by atoms with Gasteiger partial charge >= 0.3 is 0 Å². The van der Waals surface area contributed by atoms with Crippen molar-refractivity contribution >= 4 is 15.7 Å². The molecule has 0 saturated heterocycles. The van der Waals surface area contributed by atoms with Gasteiger partial charge in [-0.15, -0.1) is 0 Å². The third-order valence-corrected chi connectivity index (χ3v) is 5.82. The fraction of sp³-hybridized carbons (Fsp3) is 0.600. The van der Waals surface area contributed by atoms with Crippen molar-refractivity contribution in [1.29, 1.82) is 0 Å². The number of nitrogens with one attached hydrogen (secondary N) is 1. The van der Waals surface area contributed by atoms with E-state index in [2.05, 4.69) is 18.6 Å². The van der Waals surface area contributed by atoms with Gasteiger partial charge in [0, 0.05) is 6.04 Å². The summed E-state index contributed by atoms with van der Waals surface area (Å²) in [7, 11) is -3.69. The van der Waals surface area contributed by atoms with Gasteiger partial charge in [-0.1, -0.05) is 26.7 Å². The Morgan fingerprint density at radius 2 is 2.00 bits per heavy atom. The Balaban J connectivity index is 2.30. The molecule has 1 aromatic rings. The summed E-state index contributed by atoms with van der Waals surface area (Å²) in [5.74, 6) is -0.563. The van der Waals surface area contributed by atoms with Crippen LogP contribution in [0.5, 0.6) is 0 Å². The standard InChI is InChI=1S/C15H23FN2O2S/c1-10-8-11(9-12(17)14(10)16)21(19,20)18-13-6-4-5-7-15(13,2)3/h8-9,13,18H,4-7,17H2,1-3H3. The highest BCUT2D eigenvalue weighted by Crippen LogP contribution is 2.36. The van der Waals surface area contributed by atoms with Gasteiger partial charge in [0.2, 0.25) is 10.0 Å². The van der Waals surface area contributed by atoms with Gasteiger partial charge in [0.05, 0.1) is 10.6 Å². The molecule has 1 saturated carbocycles. The maximum absolute atomic E-state index is 13.5. The van der Waals surface area contributed by atoms with Crippen molar-refractivity contribution in [2.45, 2.75) is 57.4 Å². The highest BCUT2D eigenvalue weighted by Gasteiger charge is 2.35. The molecule has 1 aromatic carbocycles. The quantitative estimate of drug-likeness (QED) is 0.843. The molecule has 0 radical (unpaired) electrons. The Bertz CT molecular complexity index is 618. The summed E-state index contributed by atoms with van der Waals surface area (Å²) < 4.78 is 41.3. The summed E-state index contributed by atoms with van der Waals surface area (Å²) in [6.07, 6.45) is 3.95. The fourth-order valence-corrected chi connectivity index (χ4v) is 4.45. The van der Waals surface area contributed by atoms with E-state index < -0.39 is 15.8 Å². The second-order valence-electron chi connectivity index (χ2n) is 6.55. The van der Waals surface area contributed by atoms with E-state index in [1.807, 2.05) is 0 Å². The Morgan fingerprint density at radius 3 is 2.57 bits per heavy atom. The van der Waals surface area contributed by atoms with Gasteiger partial charge in [-0.25, -0.2) is 17.5 Å².